The van der Waals surface area contributed by atoms with E-state index in [-0.39, 0.29) is 6.61 Å². The van der Waals surface area contributed by atoms with Crippen LogP contribution in [-0.2, 0) is 24.2 Å². The molecule has 1 aliphatic carbocycles. The third kappa shape index (κ3) is 3.31. The Kier molecular flexibility index (Phi) is 4.28. The second-order valence-corrected chi connectivity index (χ2v) is 6.06. The molecule has 7 heteroatoms. The van der Waals surface area contributed by atoms with Gasteiger partial charge >= 0.3 is 5.97 Å². The summed E-state index contributed by atoms with van der Waals surface area (Å²) in [6.07, 6.45) is 11.8. The number of pyridine rings is 1. The van der Waals surface area contributed by atoms with E-state index in [2.05, 4.69) is 15.1 Å². The molecule has 0 aliphatic heterocycles. The molecule has 7 nitrogen and oxygen atoms in total. The molecule has 0 bridgehead atoms. The molecular weight excluding hydrogens is 320 g/mol. The minimum absolute atomic E-state index is 0.150. The molecule has 0 fully saturated rings. The lowest BCUT2D eigenvalue weighted by molar-refractivity contribution is 0.0459. The van der Waals surface area contributed by atoms with Crippen molar-refractivity contribution >= 4 is 5.97 Å². The standard InChI is InChI=1S/C18H18N4O3/c23-18(17-14-4-2-1-3-5-15(14)25-21-17)24-11-13-6-7-16(20-10-13)22-9-8-19-12-22/h6-10,12H,1-5,11H2. The Balaban J connectivity index is 1.41. The largest absolute Gasteiger partial charge is 0.456 e. The predicted octanol–water partition coefficient (Wildman–Crippen LogP) is 2.88. The zero-order chi connectivity index (χ0) is 17.1. The van der Waals surface area contributed by atoms with Gasteiger partial charge in [-0.15, -0.1) is 0 Å². The van der Waals surface area contributed by atoms with Gasteiger partial charge in [-0.2, -0.15) is 0 Å². The Morgan fingerprint density at radius 3 is 2.96 bits per heavy atom. The highest BCUT2D eigenvalue weighted by molar-refractivity contribution is 5.89. The topological polar surface area (TPSA) is 83.0 Å². The van der Waals surface area contributed by atoms with Crippen molar-refractivity contribution in [2.24, 2.45) is 0 Å². The Morgan fingerprint density at radius 2 is 2.16 bits per heavy atom. The molecule has 3 aromatic rings. The number of imidazole rings is 1. The molecule has 0 atom stereocenters. The lowest BCUT2D eigenvalue weighted by Gasteiger charge is -2.05. The summed E-state index contributed by atoms with van der Waals surface area (Å²) in [6, 6.07) is 3.73. The molecule has 0 saturated heterocycles. The smallest absolute Gasteiger partial charge is 0.361 e. The van der Waals surface area contributed by atoms with Gasteiger partial charge in [0.2, 0.25) is 0 Å². The lowest BCUT2D eigenvalue weighted by atomic mass is 10.1. The van der Waals surface area contributed by atoms with Gasteiger partial charge in [-0.1, -0.05) is 17.6 Å². The van der Waals surface area contributed by atoms with Gasteiger partial charge in [0.1, 0.15) is 24.5 Å². The van der Waals surface area contributed by atoms with Crippen LogP contribution >= 0.6 is 0 Å². The second kappa shape index (κ2) is 6.88. The fourth-order valence-electron chi connectivity index (χ4n) is 2.99. The third-order valence-corrected chi connectivity index (χ3v) is 4.34. The first kappa shape index (κ1) is 15.6. The van der Waals surface area contributed by atoms with Crippen molar-refractivity contribution in [3.63, 3.8) is 0 Å². The first-order valence-electron chi connectivity index (χ1n) is 8.39. The Labute approximate surface area is 144 Å². The summed E-state index contributed by atoms with van der Waals surface area (Å²) in [5.41, 5.74) is 2.04. The summed E-state index contributed by atoms with van der Waals surface area (Å²) in [5.74, 6) is 1.15. The lowest BCUT2D eigenvalue weighted by Crippen LogP contribution is -2.09. The van der Waals surface area contributed by atoms with Crippen molar-refractivity contribution in [3.05, 3.63) is 59.6 Å². The fraction of sp³-hybridized carbons (Fsp3) is 0.333. The van der Waals surface area contributed by atoms with Gasteiger partial charge < -0.3 is 9.26 Å². The molecule has 128 valence electrons. The maximum Gasteiger partial charge on any atom is 0.361 e. The molecule has 3 aromatic heterocycles. The van der Waals surface area contributed by atoms with Gasteiger partial charge in [0.15, 0.2) is 5.69 Å². The Bertz CT molecular complexity index is 853. The monoisotopic (exact) mass is 338 g/mol. The summed E-state index contributed by atoms with van der Waals surface area (Å²) < 4.78 is 12.5. The van der Waals surface area contributed by atoms with Crippen molar-refractivity contribution in [2.45, 2.75) is 38.7 Å². The molecular formula is C18H18N4O3. The van der Waals surface area contributed by atoms with E-state index in [1.807, 2.05) is 18.3 Å². The van der Waals surface area contributed by atoms with Crippen LogP contribution in [0.2, 0.25) is 0 Å². The Hall–Kier alpha value is -2.96. The number of nitrogens with zero attached hydrogens (tertiary/aromatic N) is 4. The van der Waals surface area contributed by atoms with Gasteiger partial charge in [0, 0.05) is 36.1 Å². The molecule has 0 amide bonds. The van der Waals surface area contributed by atoms with E-state index in [1.165, 1.54) is 0 Å². The van der Waals surface area contributed by atoms with Crippen LogP contribution in [0.3, 0.4) is 0 Å². The van der Waals surface area contributed by atoms with E-state index in [1.54, 1.807) is 23.3 Å². The van der Waals surface area contributed by atoms with Crippen molar-refractivity contribution in [1.29, 1.82) is 0 Å². The maximum atomic E-state index is 12.3. The molecule has 4 rings (SSSR count). The summed E-state index contributed by atoms with van der Waals surface area (Å²) >= 11 is 0. The van der Waals surface area contributed by atoms with E-state index in [4.69, 9.17) is 9.26 Å². The summed E-state index contributed by atoms with van der Waals surface area (Å²) in [4.78, 5) is 20.7. The van der Waals surface area contributed by atoms with E-state index in [9.17, 15) is 4.79 Å². The molecule has 3 heterocycles. The van der Waals surface area contributed by atoms with Crippen LogP contribution in [0.15, 0.2) is 41.6 Å². The number of ether oxygens (including phenoxy) is 1. The number of fused-ring (bicyclic) bond motifs is 1. The highest BCUT2D eigenvalue weighted by Gasteiger charge is 2.24. The number of aryl methyl sites for hydroxylation is 1. The summed E-state index contributed by atoms with van der Waals surface area (Å²) in [6.45, 7) is 0.150. The quantitative estimate of drug-likeness (QED) is 0.537. The van der Waals surface area contributed by atoms with Gasteiger partial charge in [0.25, 0.3) is 0 Å². The van der Waals surface area contributed by atoms with Gasteiger partial charge in [0.05, 0.1) is 0 Å². The summed E-state index contributed by atoms with van der Waals surface area (Å²) in [5, 5.41) is 3.92. The van der Waals surface area contributed by atoms with Crippen LogP contribution in [0.25, 0.3) is 5.82 Å². The van der Waals surface area contributed by atoms with Gasteiger partial charge in [-0.05, 0) is 25.3 Å². The van der Waals surface area contributed by atoms with Crippen LogP contribution in [0.1, 0.15) is 46.6 Å². The van der Waals surface area contributed by atoms with Gasteiger partial charge in [-0.25, -0.2) is 14.8 Å². The first-order valence-corrected chi connectivity index (χ1v) is 8.39. The molecule has 1 aliphatic rings. The average Bonchev–Trinajstić information content (AvgIpc) is 3.26. The first-order chi connectivity index (χ1) is 12.3. The fourth-order valence-corrected chi connectivity index (χ4v) is 2.99. The molecule has 0 unspecified atom stereocenters. The second-order valence-electron chi connectivity index (χ2n) is 6.06. The number of rotatable bonds is 4. The van der Waals surface area contributed by atoms with Crippen LogP contribution < -0.4 is 0 Å². The van der Waals surface area contributed by atoms with Crippen molar-refractivity contribution < 1.29 is 14.1 Å². The number of aromatic nitrogens is 4. The number of carbonyl (C=O) groups excluding carboxylic acids is 1. The third-order valence-electron chi connectivity index (χ3n) is 4.34. The highest BCUT2D eigenvalue weighted by Crippen LogP contribution is 2.24. The zero-order valence-corrected chi connectivity index (χ0v) is 13.7. The van der Waals surface area contributed by atoms with Crippen molar-refractivity contribution in [3.8, 4) is 5.82 Å². The highest BCUT2D eigenvalue weighted by atomic mass is 16.5. The Morgan fingerprint density at radius 1 is 1.24 bits per heavy atom. The van der Waals surface area contributed by atoms with E-state index in [0.717, 1.165) is 54.8 Å². The SMILES string of the molecule is O=C(OCc1ccc(-n2ccnc2)nc1)c1noc2c1CCCCC2. The van der Waals surface area contributed by atoms with E-state index >= 15 is 0 Å². The van der Waals surface area contributed by atoms with Crippen molar-refractivity contribution in [1.82, 2.24) is 19.7 Å². The van der Waals surface area contributed by atoms with Crippen LogP contribution in [0.4, 0.5) is 0 Å². The number of esters is 1. The minimum Gasteiger partial charge on any atom is -0.456 e. The number of carbonyl (C=O) groups is 1. The molecule has 0 radical (unpaired) electrons. The van der Waals surface area contributed by atoms with Crippen LogP contribution in [0.5, 0.6) is 0 Å². The maximum absolute atomic E-state index is 12.3. The normalized spacial score (nSPS) is 13.9. The van der Waals surface area contributed by atoms with Crippen molar-refractivity contribution in [2.75, 3.05) is 0 Å². The van der Waals surface area contributed by atoms with Gasteiger partial charge in [-0.3, -0.25) is 4.57 Å². The molecule has 0 saturated carbocycles. The molecule has 0 spiro atoms. The van der Waals surface area contributed by atoms with Crippen LogP contribution in [0, 0.1) is 0 Å². The summed E-state index contributed by atoms with van der Waals surface area (Å²) in [7, 11) is 0. The van der Waals surface area contributed by atoms with Crippen LogP contribution in [-0.4, -0.2) is 25.7 Å². The van der Waals surface area contributed by atoms with E-state index in [0.29, 0.717) is 5.69 Å². The predicted molar refractivity (Wildman–Crippen MR) is 88.2 cm³/mol. The minimum atomic E-state index is -0.439. The van der Waals surface area contributed by atoms with E-state index < -0.39 is 5.97 Å². The molecule has 0 aromatic carbocycles. The molecule has 25 heavy (non-hydrogen) atoms. The average molecular weight is 338 g/mol. The zero-order valence-electron chi connectivity index (χ0n) is 13.7. The number of hydrogen-bond donors (Lipinski definition) is 0. The molecule has 0 N–H and O–H groups in total. The number of hydrogen-bond acceptors (Lipinski definition) is 6.